The second-order valence-electron chi connectivity index (χ2n) is 5.89. The van der Waals surface area contributed by atoms with E-state index in [1.165, 1.54) is 30.3 Å². The van der Waals surface area contributed by atoms with E-state index in [0.29, 0.717) is 18.2 Å². The molecule has 2 aromatic carbocycles. The van der Waals surface area contributed by atoms with Crippen molar-refractivity contribution >= 4 is 12.0 Å². The second-order valence-corrected chi connectivity index (χ2v) is 5.89. The minimum absolute atomic E-state index is 0.222. The fraction of sp³-hybridized carbons (Fsp3) is 0.0909. The van der Waals surface area contributed by atoms with Gasteiger partial charge >= 0.3 is 0 Å². The second kappa shape index (κ2) is 9.32. The van der Waals surface area contributed by atoms with E-state index in [9.17, 15) is 9.18 Å². The third-order valence-electron chi connectivity index (χ3n) is 3.82. The van der Waals surface area contributed by atoms with E-state index < -0.39 is 0 Å². The summed E-state index contributed by atoms with van der Waals surface area (Å²) < 4.78 is 23.7. The van der Waals surface area contributed by atoms with Crippen LogP contribution in [0.2, 0.25) is 0 Å². The van der Waals surface area contributed by atoms with E-state index in [1.54, 1.807) is 31.5 Å². The van der Waals surface area contributed by atoms with Crippen molar-refractivity contribution in [1.82, 2.24) is 10.3 Å². The molecule has 0 aliphatic heterocycles. The molecule has 0 saturated heterocycles. The van der Waals surface area contributed by atoms with Gasteiger partial charge in [0, 0.05) is 24.9 Å². The molecule has 3 aromatic rings. The first kappa shape index (κ1) is 19.1. The Labute approximate surface area is 162 Å². The van der Waals surface area contributed by atoms with Gasteiger partial charge in [-0.3, -0.25) is 4.79 Å². The molecule has 1 N–H and O–H groups in total. The zero-order chi connectivity index (χ0) is 19.8. The summed E-state index contributed by atoms with van der Waals surface area (Å²) in [4.78, 5) is 16.2. The van der Waals surface area contributed by atoms with Crippen LogP contribution in [0.1, 0.15) is 11.1 Å². The molecule has 0 fully saturated rings. The lowest BCUT2D eigenvalue weighted by Crippen LogP contribution is -2.20. The topological polar surface area (TPSA) is 60.5 Å². The van der Waals surface area contributed by atoms with Crippen LogP contribution in [0.5, 0.6) is 17.4 Å². The first-order chi connectivity index (χ1) is 13.6. The van der Waals surface area contributed by atoms with E-state index in [-0.39, 0.29) is 11.7 Å². The van der Waals surface area contributed by atoms with Crippen molar-refractivity contribution in [3.05, 3.63) is 89.9 Å². The van der Waals surface area contributed by atoms with Crippen molar-refractivity contribution in [3.63, 3.8) is 0 Å². The van der Waals surface area contributed by atoms with Gasteiger partial charge in [0.25, 0.3) is 0 Å². The van der Waals surface area contributed by atoms with Gasteiger partial charge in [0.1, 0.15) is 17.3 Å². The van der Waals surface area contributed by atoms with Gasteiger partial charge in [0.15, 0.2) is 0 Å². The van der Waals surface area contributed by atoms with Crippen molar-refractivity contribution in [1.29, 1.82) is 0 Å². The number of ether oxygens (including phenoxy) is 2. The Morgan fingerprint density at radius 1 is 1.11 bits per heavy atom. The smallest absolute Gasteiger partial charge is 0.244 e. The average Bonchev–Trinajstić information content (AvgIpc) is 2.73. The molecule has 28 heavy (non-hydrogen) atoms. The van der Waals surface area contributed by atoms with Crippen LogP contribution in [0.15, 0.2) is 72.9 Å². The van der Waals surface area contributed by atoms with E-state index in [1.807, 2.05) is 24.3 Å². The molecule has 6 heteroatoms. The number of nitrogens with zero attached hydrogens (tertiary/aromatic N) is 1. The maximum absolute atomic E-state index is 13.0. The summed E-state index contributed by atoms with van der Waals surface area (Å²) in [5.41, 5.74) is 1.70. The molecule has 0 saturated carbocycles. The van der Waals surface area contributed by atoms with Gasteiger partial charge in [0.05, 0.1) is 7.11 Å². The highest BCUT2D eigenvalue weighted by Gasteiger charge is 2.03. The molecule has 142 valence electrons. The monoisotopic (exact) mass is 378 g/mol. The number of rotatable bonds is 7. The van der Waals surface area contributed by atoms with Crippen LogP contribution < -0.4 is 14.8 Å². The van der Waals surface area contributed by atoms with Crippen molar-refractivity contribution in [2.24, 2.45) is 0 Å². The molecule has 3 rings (SSSR count). The number of hydrogen-bond acceptors (Lipinski definition) is 4. The molecule has 0 aliphatic rings. The Morgan fingerprint density at radius 2 is 1.93 bits per heavy atom. The van der Waals surface area contributed by atoms with Crippen molar-refractivity contribution < 1.29 is 18.7 Å². The van der Waals surface area contributed by atoms with Gasteiger partial charge in [-0.2, -0.15) is 0 Å². The summed E-state index contributed by atoms with van der Waals surface area (Å²) >= 11 is 0. The summed E-state index contributed by atoms with van der Waals surface area (Å²) in [6.45, 7) is 0.323. The maximum Gasteiger partial charge on any atom is 0.244 e. The highest BCUT2D eigenvalue weighted by molar-refractivity contribution is 5.91. The number of benzene rings is 2. The molecule has 0 radical (unpaired) electrons. The number of amides is 1. The summed E-state index contributed by atoms with van der Waals surface area (Å²) in [7, 11) is 1.60. The lowest BCUT2D eigenvalue weighted by Gasteiger charge is -2.07. The maximum atomic E-state index is 13.0. The molecule has 1 heterocycles. The van der Waals surface area contributed by atoms with Crippen LogP contribution in [-0.4, -0.2) is 18.0 Å². The summed E-state index contributed by atoms with van der Waals surface area (Å²) in [6, 6.07) is 16.6. The summed E-state index contributed by atoms with van der Waals surface area (Å²) in [6.07, 6.45) is 4.77. The van der Waals surface area contributed by atoms with Crippen LogP contribution in [-0.2, 0) is 11.3 Å². The molecule has 0 atom stereocenters. The third kappa shape index (κ3) is 5.67. The number of aromatic nitrogens is 1. The molecule has 0 bridgehead atoms. The van der Waals surface area contributed by atoms with Crippen LogP contribution in [0, 0.1) is 5.82 Å². The average molecular weight is 378 g/mol. The quantitative estimate of drug-likeness (QED) is 0.621. The Hall–Kier alpha value is -3.67. The van der Waals surface area contributed by atoms with Gasteiger partial charge in [-0.05, 0) is 59.7 Å². The molecule has 1 amide bonds. The van der Waals surface area contributed by atoms with Crippen molar-refractivity contribution in [2.75, 3.05) is 7.11 Å². The van der Waals surface area contributed by atoms with E-state index in [0.717, 1.165) is 16.9 Å². The van der Waals surface area contributed by atoms with E-state index >= 15 is 0 Å². The van der Waals surface area contributed by atoms with Gasteiger partial charge in [0.2, 0.25) is 11.8 Å². The Kier molecular flexibility index (Phi) is 6.36. The number of carbonyl (C=O) groups excluding carboxylic acids is 1. The minimum atomic E-state index is -0.334. The van der Waals surface area contributed by atoms with E-state index in [4.69, 9.17) is 9.47 Å². The number of hydrogen-bond donors (Lipinski definition) is 1. The molecule has 0 aliphatic carbocycles. The SMILES string of the molecule is COc1cccc(/C=C/C(=O)NCc2ccnc(Oc3ccc(F)cc3)c2)c1. The number of carbonyl (C=O) groups is 1. The molecule has 0 spiro atoms. The Balaban J connectivity index is 1.55. The van der Waals surface area contributed by atoms with Crippen molar-refractivity contribution in [2.45, 2.75) is 6.54 Å². The number of methoxy groups -OCH3 is 1. The van der Waals surface area contributed by atoms with Crippen LogP contribution >= 0.6 is 0 Å². The zero-order valence-corrected chi connectivity index (χ0v) is 15.3. The minimum Gasteiger partial charge on any atom is -0.497 e. The fourth-order valence-corrected chi connectivity index (χ4v) is 2.40. The van der Waals surface area contributed by atoms with Gasteiger partial charge < -0.3 is 14.8 Å². The summed E-state index contributed by atoms with van der Waals surface area (Å²) in [5, 5.41) is 2.81. The first-order valence-corrected chi connectivity index (χ1v) is 8.61. The van der Waals surface area contributed by atoms with Crippen LogP contribution in [0.25, 0.3) is 6.08 Å². The van der Waals surface area contributed by atoms with E-state index in [2.05, 4.69) is 10.3 Å². The standard InChI is InChI=1S/C22H19FN2O3/c1-27-20-4-2-3-16(13-20)5-10-21(26)25-15-17-11-12-24-22(14-17)28-19-8-6-18(23)7-9-19/h2-14H,15H2,1H3,(H,25,26)/b10-5+. The number of pyridine rings is 1. The predicted molar refractivity (Wildman–Crippen MR) is 105 cm³/mol. The normalized spacial score (nSPS) is 10.6. The number of nitrogens with one attached hydrogen (secondary N) is 1. The summed E-state index contributed by atoms with van der Waals surface area (Å²) in [5.74, 6) is 1.02. The third-order valence-corrected chi connectivity index (χ3v) is 3.82. The Morgan fingerprint density at radius 3 is 2.71 bits per heavy atom. The highest BCUT2D eigenvalue weighted by atomic mass is 19.1. The zero-order valence-electron chi connectivity index (χ0n) is 15.3. The van der Waals surface area contributed by atoms with Gasteiger partial charge in [-0.15, -0.1) is 0 Å². The highest BCUT2D eigenvalue weighted by Crippen LogP contribution is 2.20. The molecular formula is C22H19FN2O3. The molecule has 1 aromatic heterocycles. The van der Waals surface area contributed by atoms with Crippen molar-refractivity contribution in [3.8, 4) is 17.4 Å². The lowest BCUT2D eigenvalue weighted by molar-refractivity contribution is -0.116. The molecule has 5 nitrogen and oxygen atoms in total. The Bertz CT molecular complexity index is 972. The molecule has 0 unspecified atom stereocenters. The predicted octanol–water partition coefficient (Wildman–Crippen LogP) is 4.35. The number of halogens is 1. The van der Waals surface area contributed by atoms with Gasteiger partial charge in [-0.1, -0.05) is 12.1 Å². The lowest BCUT2D eigenvalue weighted by atomic mass is 10.2. The largest absolute Gasteiger partial charge is 0.497 e. The van der Waals surface area contributed by atoms with Crippen LogP contribution in [0.3, 0.4) is 0 Å². The first-order valence-electron chi connectivity index (χ1n) is 8.61. The van der Waals surface area contributed by atoms with Gasteiger partial charge in [-0.25, -0.2) is 9.37 Å². The van der Waals surface area contributed by atoms with Crippen LogP contribution in [0.4, 0.5) is 4.39 Å². The molecular weight excluding hydrogens is 359 g/mol. The fourth-order valence-electron chi connectivity index (χ4n) is 2.40.